The quantitative estimate of drug-likeness (QED) is 0.906. The maximum atomic E-state index is 12.4. The van der Waals surface area contributed by atoms with Crippen molar-refractivity contribution in [2.45, 2.75) is 19.9 Å². The molecule has 3 N–H and O–H groups in total. The Labute approximate surface area is 133 Å². The molecule has 0 aliphatic carbocycles. The number of nitrogens with two attached hydrogens (primary N) is 1. The smallest absolute Gasteiger partial charge is 0.276 e. The highest BCUT2D eigenvalue weighted by atomic mass is 35.5. The van der Waals surface area contributed by atoms with E-state index < -0.39 is 0 Å². The molecule has 21 heavy (non-hydrogen) atoms. The molecule has 1 aromatic heterocycles. The van der Waals surface area contributed by atoms with Crippen LogP contribution in [0.3, 0.4) is 0 Å². The summed E-state index contributed by atoms with van der Waals surface area (Å²) in [7, 11) is 1.68. The minimum absolute atomic E-state index is 0.238. The summed E-state index contributed by atoms with van der Waals surface area (Å²) >= 11 is 11.9. The van der Waals surface area contributed by atoms with Gasteiger partial charge < -0.3 is 10.6 Å². The van der Waals surface area contributed by atoms with Gasteiger partial charge in [-0.1, -0.05) is 30.1 Å². The SMILES string of the molecule is CCc1[nH]nc(C(=O)N(C)Cc2cc(Cl)cc(Cl)c2)c1N. The van der Waals surface area contributed by atoms with Gasteiger partial charge in [0.1, 0.15) is 0 Å². The molecule has 7 heteroatoms. The minimum atomic E-state index is -0.250. The van der Waals surface area contributed by atoms with Gasteiger partial charge in [-0.3, -0.25) is 9.89 Å². The van der Waals surface area contributed by atoms with Crippen molar-refractivity contribution in [3.63, 3.8) is 0 Å². The zero-order valence-electron chi connectivity index (χ0n) is 11.8. The number of hydrogen-bond acceptors (Lipinski definition) is 3. The Hall–Kier alpha value is -1.72. The normalized spacial score (nSPS) is 10.7. The summed E-state index contributed by atoms with van der Waals surface area (Å²) in [4.78, 5) is 13.9. The number of aryl methyl sites for hydroxylation is 1. The second-order valence-corrected chi connectivity index (χ2v) is 5.63. The number of amides is 1. The number of hydrogen-bond donors (Lipinski definition) is 2. The number of aromatic nitrogens is 2. The fraction of sp³-hybridized carbons (Fsp3) is 0.286. The van der Waals surface area contributed by atoms with Crippen molar-refractivity contribution in [1.82, 2.24) is 15.1 Å². The highest BCUT2D eigenvalue weighted by Gasteiger charge is 2.20. The molecule has 0 aliphatic rings. The first-order valence-electron chi connectivity index (χ1n) is 6.45. The summed E-state index contributed by atoms with van der Waals surface area (Å²) in [6.45, 7) is 2.31. The Morgan fingerprint density at radius 1 is 1.33 bits per heavy atom. The molecule has 0 aliphatic heterocycles. The van der Waals surface area contributed by atoms with Crippen LogP contribution in [0, 0.1) is 0 Å². The molecule has 1 amide bonds. The molecule has 2 aromatic rings. The molecule has 0 atom stereocenters. The van der Waals surface area contributed by atoms with Gasteiger partial charge in [-0.15, -0.1) is 0 Å². The van der Waals surface area contributed by atoms with Gasteiger partial charge >= 0.3 is 0 Å². The van der Waals surface area contributed by atoms with E-state index in [4.69, 9.17) is 28.9 Å². The fourth-order valence-electron chi connectivity index (χ4n) is 2.05. The predicted molar refractivity (Wildman–Crippen MR) is 84.6 cm³/mol. The van der Waals surface area contributed by atoms with Crippen LogP contribution in [0.1, 0.15) is 28.7 Å². The van der Waals surface area contributed by atoms with Crippen LogP contribution in [0.4, 0.5) is 5.69 Å². The number of halogens is 2. The third-order valence-electron chi connectivity index (χ3n) is 3.13. The van der Waals surface area contributed by atoms with E-state index in [0.29, 0.717) is 28.7 Å². The van der Waals surface area contributed by atoms with Gasteiger partial charge in [-0.2, -0.15) is 5.10 Å². The monoisotopic (exact) mass is 326 g/mol. The Kier molecular flexibility index (Phi) is 4.75. The van der Waals surface area contributed by atoms with Crippen molar-refractivity contribution >= 4 is 34.8 Å². The van der Waals surface area contributed by atoms with Crippen LogP contribution in [0.25, 0.3) is 0 Å². The molecule has 5 nitrogen and oxygen atoms in total. The lowest BCUT2D eigenvalue weighted by molar-refractivity contribution is 0.0780. The van der Waals surface area contributed by atoms with Crippen LogP contribution >= 0.6 is 23.2 Å². The number of anilines is 1. The van der Waals surface area contributed by atoms with E-state index in [2.05, 4.69) is 10.2 Å². The number of benzene rings is 1. The van der Waals surface area contributed by atoms with Crippen LogP contribution in [-0.2, 0) is 13.0 Å². The molecule has 0 fully saturated rings. The number of nitrogens with zero attached hydrogens (tertiary/aromatic N) is 2. The average Bonchev–Trinajstić information content (AvgIpc) is 2.77. The van der Waals surface area contributed by atoms with Crippen molar-refractivity contribution in [3.8, 4) is 0 Å². The molecule has 0 unspecified atom stereocenters. The van der Waals surface area contributed by atoms with Crippen molar-refractivity contribution in [1.29, 1.82) is 0 Å². The first-order chi connectivity index (χ1) is 9.92. The standard InChI is InChI=1S/C14H16Cl2N4O/c1-3-11-12(17)13(19-18-11)14(21)20(2)7-8-4-9(15)6-10(16)5-8/h4-6H,3,7,17H2,1-2H3,(H,18,19). The van der Waals surface area contributed by atoms with E-state index in [-0.39, 0.29) is 11.6 Å². The third-order valence-corrected chi connectivity index (χ3v) is 3.56. The number of nitrogens with one attached hydrogen (secondary N) is 1. The number of aromatic amines is 1. The predicted octanol–water partition coefficient (Wildman–Crippen LogP) is 3.13. The molecule has 2 rings (SSSR count). The molecule has 0 saturated carbocycles. The first kappa shape index (κ1) is 15.7. The number of carbonyl (C=O) groups excluding carboxylic acids is 1. The van der Waals surface area contributed by atoms with Crippen LogP contribution in [0.15, 0.2) is 18.2 Å². The van der Waals surface area contributed by atoms with Crippen LogP contribution in [0.2, 0.25) is 10.0 Å². The Bertz CT molecular complexity index is 649. The topological polar surface area (TPSA) is 75.0 Å². The zero-order valence-corrected chi connectivity index (χ0v) is 13.3. The number of rotatable bonds is 4. The van der Waals surface area contributed by atoms with Gasteiger partial charge in [-0.05, 0) is 30.2 Å². The second-order valence-electron chi connectivity index (χ2n) is 4.76. The van der Waals surface area contributed by atoms with E-state index in [1.54, 1.807) is 25.2 Å². The molecule has 0 bridgehead atoms. The first-order valence-corrected chi connectivity index (χ1v) is 7.21. The Balaban J connectivity index is 2.17. The summed E-state index contributed by atoms with van der Waals surface area (Å²) in [5.74, 6) is -0.250. The molecule has 0 spiro atoms. The van der Waals surface area contributed by atoms with Crippen molar-refractivity contribution in [2.75, 3.05) is 12.8 Å². The van der Waals surface area contributed by atoms with Gasteiger partial charge in [0.2, 0.25) is 0 Å². The summed E-state index contributed by atoms with van der Waals surface area (Å²) < 4.78 is 0. The summed E-state index contributed by atoms with van der Waals surface area (Å²) in [6, 6.07) is 5.18. The summed E-state index contributed by atoms with van der Waals surface area (Å²) in [5.41, 5.74) is 8.15. The van der Waals surface area contributed by atoms with E-state index in [1.165, 1.54) is 4.90 Å². The van der Waals surface area contributed by atoms with Crippen molar-refractivity contribution in [3.05, 3.63) is 45.2 Å². The largest absolute Gasteiger partial charge is 0.395 e. The summed E-state index contributed by atoms with van der Waals surface area (Å²) in [6.07, 6.45) is 0.694. The van der Waals surface area contributed by atoms with Gasteiger partial charge in [0.15, 0.2) is 5.69 Å². The Morgan fingerprint density at radius 3 is 2.48 bits per heavy atom. The minimum Gasteiger partial charge on any atom is -0.395 e. The number of carbonyl (C=O) groups is 1. The average molecular weight is 327 g/mol. The molecule has 0 saturated heterocycles. The Morgan fingerprint density at radius 2 is 1.95 bits per heavy atom. The fourth-order valence-corrected chi connectivity index (χ4v) is 2.62. The van der Waals surface area contributed by atoms with E-state index in [0.717, 1.165) is 11.3 Å². The van der Waals surface area contributed by atoms with E-state index in [9.17, 15) is 4.79 Å². The van der Waals surface area contributed by atoms with E-state index in [1.807, 2.05) is 6.92 Å². The lowest BCUT2D eigenvalue weighted by Gasteiger charge is -2.16. The maximum absolute atomic E-state index is 12.4. The second kappa shape index (κ2) is 6.37. The highest BCUT2D eigenvalue weighted by Crippen LogP contribution is 2.21. The van der Waals surface area contributed by atoms with Crippen LogP contribution in [0.5, 0.6) is 0 Å². The van der Waals surface area contributed by atoms with Crippen LogP contribution in [-0.4, -0.2) is 28.1 Å². The molecule has 0 radical (unpaired) electrons. The van der Waals surface area contributed by atoms with Gasteiger partial charge in [-0.25, -0.2) is 0 Å². The molecular weight excluding hydrogens is 311 g/mol. The van der Waals surface area contributed by atoms with Crippen molar-refractivity contribution in [2.24, 2.45) is 0 Å². The molecule has 1 aromatic carbocycles. The van der Waals surface area contributed by atoms with Gasteiger partial charge in [0.25, 0.3) is 5.91 Å². The van der Waals surface area contributed by atoms with Gasteiger partial charge in [0, 0.05) is 23.6 Å². The lowest BCUT2D eigenvalue weighted by Crippen LogP contribution is -2.27. The third kappa shape index (κ3) is 3.49. The molecular formula is C14H16Cl2N4O. The summed E-state index contributed by atoms with van der Waals surface area (Å²) in [5, 5.41) is 7.83. The number of nitrogen functional groups attached to an aromatic ring is 1. The van der Waals surface area contributed by atoms with E-state index >= 15 is 0 Å². The highest BCUT2D eigenvalue weighted by molar-refractivity contribution is 6.34. The van der Waals surface area contributed by atoms with Crippen LogP contribution < -0.4 is 5.73 Å². The van der Waals surface area contributed by atoms with Crippen molar-refractivity contribution < 1.29 is 4.79 Å². The molecule has 112 valence electrons. The maximum Gasteiger partial charge on any atom is 0.276 e. The van der Waals surface area contributed by atoms with Gasteiger partial charge in [0.05, 0.1) is 11.4 Å². The zero-order chi connectivity index (χ0) is 15.6. The number of H-pyrrole nitrogens is 1. The lowest BCUT2D eigenvalue weighted by atomic mass is 10.2. The molecule has 1 heterocycles.